The summed E-state index contributed by atoms with van der Waals surface area (Å²) in [6, 6.07) is 17.9. The molecule has 4 atom stereocenters. The second-order valence-electron chi connectivity index (χ2n) is 7.65. The van der Waals surface area contributed by atoms with Gasteiger partial charge >= 0.3 is 0 Å². The monoisotopic (exact) mass is 414 g/mol. The normalized spacial score (nSPS) is 29.9. The predicted molar refractivity (Wildman–Crippen MR) is 113 cm³/mol. The molecule has 25 heavy (non-hydrogen) atoms. The Morgan fingerprint density at radius 3 is 1.56 bits per heavy atom. The van der Waals surface area contributed by atoms with Crippen LogP contribution < -0.4 is 10.6 Å². The minimum Gasteiger partial charge on any atom is -0.747 e. The van der Waals surface area contributed by atoms with Crippen LogP contribution in [-0.2, 0) is 17.1 Å². The van der Waals surface area contributed by atoms with Crippen LogP contribution in [0.5, 0.6) is 0 Å². The summed E-state index contributed by atoms with van der Waals surface area (Å²) in [5.74, 6) is 0. The Morgan fingerprint density at radius 1 is 0.720 bits per heavy atom. The van der Waals surface area contributed by atoms with E-state index >= 15 is 0 Å². The van der Waals surface area contributed by atoms with Crippen LogP contribution in [0.15, 0.2) is 48.5 Å². The summed E-state index contributed by atoms with van der Waals surface area (Å²) in [6.07, 6.45) is 5.77. The molecule has 0 aromatic heterocycles. The third-order valence-electron chi connectivity index (χ3n) is 5.79. The fraction of sp³-hybridized carbons (Fsp3) is 0.545. The molecule has 0 aliphatic carbocycles. The van der Waals surface area contributed by atoms with Crippen molar-refractivity contribution in [2.45, 2.75) is 76.0 Å². The zero-order valence-electron chi connectivity index (χ0n) is 16.0. The Labute approximate surface area is 167 Å². The maximum absolute atomic E-state index is 2.42. The van der Waals surface area contributed by atoms with E-state index in [1.165, 1.54) is 25.7 Å². The van der Waals surface area contributed by atoms with Crippen molar-refractivity contribution < 1.29 is 17.1 Å². The molecule has 0 bridgehead atoms. The molecule has 3 heteroatoms. The fourth-order valence-electron chi connectivity index (χ4n) is 4.48. The quantitative estimate of drug-likeness (QED) is 0.314. The van der Waals surface area contributed by atoms with Crippen molar-refractivity contribution in [3.8, 4) is 0 Å². The van der Waals surface area contributed by atoms with E-state index in [0.717, 1.165) is 22.6 Å². The van der Waals surface area contributed by atoms with Crippen LogP contribution in [0.4, 0.5) is 0 Å². The van der Waals surface area contributed by atoms with E-state index in [4.69, 9.17) is 0 Å². The summed E-state index contributed by atoms with van der Waals surface area (Å²) in [4.78, 5) is 0. The molecule has 0 spiro atoms. The predicted octanol–water partition coefficient (Wildman–Crippen LogP) is 6.16. The fourth-order valence-corrected chi connectivity index (χ4v) is 11.0. The van der Waals surface area contributed by atoms with Gasteiger partial charge in [0.1, 0.15) is 0 Å². The molecule has 2 saturated heterocycles. The van der Waals surface area contributed by atoms with E-state index in [2.05, 4.69) is 76.2 Å². The molecule has 0 N–H and O–H groups in total. The molecule has 0 nitrogen and oxygen atoms in total. The van der Waals surface area contributed by atoms with E-state index < -0.39 is 0 Å². The molecule has 0 saturated carbocycles. The molecule has 2 aromatic rings. The van der Waals surface area contributed by atoms with Gasteiger partial charge in [-0.1, -0.05) is 39.0 Å². The van der Waals surface area contributed by atoms with Crippen molar-refractivity contribution in [3.63, 3.8) is 0 Å². The van der Waals surface area contributed by atoms with Crippen LogP contribution in [-0.4, -0.2) is 22.6 Å². The summed E-state index contributed by atoms with van der Waals surface area (Å²) in [5, 5.41) is 3.25. The van der Waals surface area contributed by atoms with Crippen LogP contribution in [0.1, 0.15) is 53.4 Å². The van der Waals surface area contributed by atoms with Crippen molar-refractivity contribution in [2.75, 3.05) is 0 Å². The van der Waals surface area contributed by atoms with Gasteiger partial charge < -0.3 is 29.6 Å². The van der Waals surface area contributed by atoms with E-state index in [1.807, 2.05) is 0 Å². The van der Waals surface area contributed by atoms with E-state index in [0.29, 0.717) is 0 Å². The average Bonchev–Trinajstić information content (AvgIpc) is 3.31. The van der Waals surface area contributed by atoms with Crippen LogP contribution in [0.2, 0.25) is 0 Å². The molecule has 2 fully saturated rings. The van der Waals surface area contributed by atoms with E-state index in [-0.39, 0.29) is 32.9 Å². The minimum atomic E-state index is 0. The van der Waals surface area contributed by atoms with Gasteiger partial charge in [-0.05, 0) is 37.0 Å². The van der Waals surface area contributed by atoms with Gasteiger partial charge in [0, 0.05) is 17.1 Å². The summed E-state index contributed by atoms with van der Waals surface area (Å²) < 4.78 is 0. The van der Waals surface area contributed by atoms with Gasteiger partial charge in [0.15, 0.2) is 0 Å². The van der Waals surface area contributed by atoms with Gasteiger partial charge in [-0.15, -0.1) is 13.2 Å². The summed E-state index contributed by atoms with van der Waals surface area (Å²) in [6.45, 7) is 9.68. The van der Waals surface area contributed by atoms with Crippen molar-refractivity contribution in [2.24, 2.45) is 0 Å². The molecule has 0 amide bonds. The van der Waals surface area contributed by atoms with Gasteiger partial charge in [0.2, 0.25) is 0 Å². The standard InChI is InChI=1S/2C11H16P.Fe/c2*1-9-7-8-10(2)12(9)11-5-3-4-6-11;/h2*3-6,9-10H,7-8H2,1-2H3;/q-5;-1;/t2*9-,10-;/m00./s1. The molecule has 4 rings (SSSR count). The van der Waals surface area contributed by atoms with Crippen LogP contribution in [0, 0.1) is 0 Å². The first kappa shape index (κ1) is 21.4. The molecule has 0 unspecified atom stereocenters. The van der Waals surface area contributed by atoms with Crippen LogP contribution in [0.25, 0.3) is 0 Å². The van der Waals surface area contributed by atoms with Gasteiger partial charge in [-0.3, -0.25) is 7.92 Å². The largest absolute Gasteiger partial charge is 0.747 e. The first-order chi connectivity index (χ1) is 11.6. The van der Waals surface area contributed by atoms with Crippen molar-refractivity contribution >= 4 is 26.5 Å². The number of hydrogen-bond donors (Lipinski definition) is 0. The van der Waals surface area contributed by atoms with E-state index in [1.54, 1.807) is 10.6 Å². The molecular formula is C22H32FeP2-6. The van der Waals surface area contributed by atoms with Gasteiger partial charge in [0.25, 0.3) is 0 Å². The number of hydrogen-bond acceptors (Lipinski definition) is 0. The Morgan fingerprint density at radius 2 is 1.12 bits per heavy atom. The molecule has 2 aliphatic heterocycles. The zero-order valence-corrected chi connectivity index (χ0v) is 18.9. The Balaban J connectivity index is 0.000000173. The SMILES string of the molecule is C[C@H]1CC[C@H](C)P1[c-]1[cH-][cH-][cH-][cH-]1.C[C@H]1CC[C@H](C)P1[c-]1cccc1.[Fe]. The number of rotatable bonds is 2. The van der Waals surface area contributed by atoms with E-state index in [9.17, 15) is 0 Å². The average molecular weight is 414 g/mol. The third kappa shape index (κ3) is 5.08. The van der Waals surface area contributed by atoms with Crippen LogP contribution >= 0.6 is 15.8 Å². The van der Waals surface area contributed by atoms with Crippen molar-refractivity contribution in [3.05, 3.63) is 48.5 Å². The molecule has 2 heterocycles. The van der Waals surface area contributed by atoms with Crippen molar-refractivity contribution in [1.29, 1.82) is 0 Å². The summed E-state index contributed by atoms with van der Waals surface area (Å²) in [7, 11) is 0.349. The second kappa shape index (κ2) is 9.85. The Hall–Kier alpha value is 0.0795. The first-order valence-electron chi connectivity index (χ1n) is 9.58. The molecule has 2 aromatic carbocycles. The smallest absolute Gasteiger partial charge is 0 e. The van der Waals surface area contributed by atoms with Crippen molar-refractivity contribution in [1.82, 2.24) is 0 Å². The third-order valence-corrected chi connectivity index (χ3v) is 12.4. The van der Waals surface area contributed by atoms with Crippen LogP contribution in [0.3, 0.4) is 0 Å². The second-order valence-corrected chi connectivity index (χ2v) is 13.8. The molecular weight excluding hydrogens is 382 g/mol. The first-order valence-corrected chi connectivity index (χ1v) is 12.5. The molecule has 0 radical (unpaired) electrons. The Kier molecular flexibility index (Phi) is 8.43. The molecule has 2 aliphatic rings. The maximum Gasteiger partial charge on any atom is 0 e. The summed E-state index contributed by atoms with van der Waals surface area (Å²) >= 11 is 0. The maximum atomic E-state index is 2.42. The van der Waals surface area contributed by atoms with Gasteiger partial charge in [0.05, 0.1) is 0 Å². The molecule has 144 valence electrons. The zero-order chi connectivity index (χ0) is 17.1. The Bertz CT molecular complexity index is 515. The minimum absolute atomic E-state index is 0. The van der Waals surface area contributed by atoms with Gasteiger partial charge in [-0.25, -0.2) is 12.1 Å². The topological polar surface area (TPSA) is 0 Å². The summed E-state index contributed by atoms with van der Waals surface area (Å²) in [5.41, 5.74) is 3.82. The van der Waals surface area contributed by atoms with Gasteiger partial charge in [-0.2, -0.15) is 12.1 Å².